The third-order valence-electron chi connectivity index (χ3n) is 6.25. The summed E-state index contributed by atoms with van der Waals surface area (Å²) >= 11 is 6.31. The summed E-state index contributed by atoms with van der Waals surface area (Å²) in [7, 11) is 0. The summed E-state index contributed by atoms with van der Waals surface area (Å²) in [6, 6.07) is 1.71. The van der Waals surface area contributed by atoms with Gasteiger partial charge in [0.1, 0.15) is 11.4 Å². The summed E-state index contributed by atoms with van der Waals surface area (Å²) in [5, 5.41) is 15.3. The predicted molar refractivity (Wildman–Crippen MR) is 134 cm³/mol. The minimum atomic E-state index is -1.04. The first-order valence-electron chi connectivity index (χ1n) is 12.1. The molecule has 2 fully saturated rings. The number of aliphatic carboxylic acids is 1. The Morgan fingerprint density at radius 2 is 1.94 bits per heavy atom. The highest BCUT2D eigenvalue weighted by Gasteiger charge is 2.33. The van der Waals surface area contributed by atoms with Crippen LogP contribution in [0.1, 0.15) is 58.4 Å². The first-order chi connectivity index (χ1) is 16.5. The van der Waals surface area contributed by atoms with E-state index in [9.17, 15) is 14.4 Å². The number of hydrogen-bond acceptors (Lipinski definition) is 6. The number of hydrogen-bond donors (Lipinski definition) is 3. The Bertz CT molecular complexity index is 954. The van der Waals surface area contributed by atoms with E-state index in [2.05, 4.69) is 15.6 Å². The van der Waals surface area contributed by atoms with Crippen molar-refractivity contribution in [2.45, 2.75) is 64.5 Å². The standard InChI is InChI=1S/C25H35ClN4O5/c1-25(2,3)35-24(34)28-13-16-4-7-18(8-5-16)23(33)30-11-10-19(15-30)29-22-20(26)12-17(14-27-22)6-9-21(31)32/h6,9,12,14,16,18-19H,4-5,7-8,10-11,13,15H2,1-3H3,(H,27,29)(H,28,34)(H,31,32)/b9-6+/t16?,18?,19-/m1/s1. The number of rotatable bonds is 7. The van der Waals surface area contributed by atoms with Crippen LogP contribution >= 0.6 is 11.6 Å². The minimum Gasteiger partial charge on any atom is -0.478 e. The van der Waals surface area contributed by atoms with Gasteiger partial charge in [0, 0.05) is 43.9 Å². The van der Waals surface area contributed by atoms with Crippen molar-refractivity contribution in [3.05, 3.63) is 28.9 Å². The van der Waals surface area contributed by atoms with E-state index in [4.69, 9.17) is 21.4 Å². The van der Waals surface area contributed by atoms with Gasteiger partial charge in [-0.25, -0.2) is 14.6 Å². The highest BCUT2D eigenvalue weighted by atomic mass is 35.5. The fourth-order valence-corrected chi connectivity index (χ4v) is 4.73. The normalized spacial score (nSPS) is 22.7. The molecular formula is C25H35ClN4O5. The van der Waals surface area contributed by atoms with Crippen LogP contribution < -0.4 is 10.6 Å². The van der Waals surface area contributed by atoms with Gasteiger partial charge in [-0.1, -0.05) is 11.6 Å². The summed E-state index contributed by atoms with van der Waals surface area (Å²) in [6.45, 7) is 7.37. The van der Waals surface area contributed by atoms with E-state index in [1.807, 2.05) is 25.7 Å². The molecule has 35 heavy (non-hydrogen) atoms. The lowest BCUT2D eigenvalue weighted by Crippen LogP contribution is -2.39. The van der Waals surface area contributed by atoms with Gasteiger partial charge >= 0.3 is 12.1 Å². The Morgan fingerprint density at radius 3 is 2.57 bits per heavy atom. The van der Waals surface area contributed by atoms with Crippen molar-refractivity contribution >= 4 is 41.5 Å². The van der Waals surface area contributed by atoms with Crippen LogP contribution in [0, 0.1) is 11.8 Å². The average Bonchev–Trinajstić information content (AvgIpc) is 3.25. The average molecular weight is 507 g/mol. The molecule has 0 bridgehead atoms. The SMILES string of the molecule is CC(C)(C)OC(=O)NCC1CCC(C(=O)N2CC[C@@H](Nc3ncc(/C=C/C(=O)O)cc3Cl)C2)CC1. The Balaban J connectivity index is 1.42. The van der Waals surface area contributed by atoms with Crippen molar-refractivity contribution in [3.63, 3.8) is 0 Å². The van der Waals surface area contributed by atoms with Gasteiger partial charge in [-0.3, -0.25) is 4.79 Å². The van der Waals surface area contributed by atoms with Crippen molar-refractivity contribution < 1.29 is 24.2 Å². The molecule has 1 aromatic heterocycles. The number of likely N-dealkylation sites (tertiary alicyclic amines) is 1. The molecule has 0 aromatic carbocycles. The molecule has 1 aromatic rings. The number of carboxylic acids is 1. The van der Waals surface area contributed by atoms with Crippen LogP contribution in [0.25, 0.3) is 6.08 Å². The van der Waals surface area contributed by atoms with Crippen molar-refractivity contribution in [1.29, 1.82) is 0 Å². The molecule has 2 amide bonds. The number of carbonyl (C=O) groups is 3. The zero-order chi connectivity index (χ0) is 25.6. The van der Waals surface area contributed by atoms with Gasteiger partial charge in [-0.05, 0) is 76.5 Å². The van der Waals surface area contributed by atoms with Gasteiger partial charge in [0.2, 0.25) is 5.91 Å². The lowest BCUT2D eigenvalue weighted by molar-refractivity contribution is -0.135. The maximum Gasteiger partial charge on any atom is 0.407 e. The van der Waals surface area contributed by atoms with Gasteiger partial charge in [0.05, 0.1) is 5.02 Å². The minimum absolute atomic E-state index is 0.0218. The molecule has 3 rings (SSSR count). The van der Waals surface area contributed by atoms with Crippen molar-refractivity contribution in [2.24, 2.45) is 11.8 Å². The highest BCUT2D eigenvalue weighted by Crippen LogP contribution is 2.31. The van der Waals surface area contributed by atoms with Crippen molar-refractivity contribution in [1.82, 2.24) is 15.2 Å². The van der Waals surface area contributed by atoms with Crippen LogP contribution in [-0.4, -0.2) is 64.2 Å². The Hall–Kier alpha value is -2.81. The third kappa shape index (κ3) is 8.42. The number of nitrogens with one attached hydrogen (secondary N) is 2. The molecular weight excluding hydrogens is 472 g/mol. The van der Waals surface area contributed by atoms with Gasteiger partial charge < -0.3 is 25.4 Å². The first kappa shape index (κ1) is 26.8. The summed E-state index contributed by atoms with van der Waals surface area (Å²) in [4.78, 5) is 41.8. The Kier molecular flexibility index (Phi) is 8.99. The molecule has 2 aliphatic rings. The Labute approximate surface area is 211 Å². The number of carboxylic acid groups (broad SMARTS) is 1. The number of anilines is 1. The molecule has 1 aliphatic carbocycles. The number of carbonyl (C=O) groups excluding carboxylic acids is 2. The first-order valence-corrected chi connectivity index (χ1v) is 12.5. The molecule has 1 saturated carbocycles. The van der Waals surface area contributed by atoms with E-state index >= 15 is 0 Å². The van der Waals surface area contributed by atoms with E-state index in [-0.39, 0.29) is 17.9 Å². The molecule has 3 N–H and O–H groups in total. The van der Waals surface area contributed by atoms with E-state index in [0.717, 1.165) is 38.2 Å². The topological polar surface area (TPSA) is 121 Å². The predicted octanol–water partition coefficient (Wildman–Crippen LogP) is 4.18. The van der Waals surface area contributed by atoms with Gasteiger partial charge in [0.15, 0.2) is 0 Å². The summed E-state index contributed by atoms with van der Waals surface area (Å²) in [6.07, 6.45) is 7.90. The van der Waals surface area contributed by atoms with Crippen molar-refractivity contribution in [3.8, 4) is 0 Å². The van der Waals surface area contributed by atoms with Crippen LogP contribution in [0.15, 0.2) is 18.3 Å². The fourth-order valence-electron chi connectivity index (χ4n) is 4.50. The maximum absolute atomic E-state index is 13.1. The molecule has 1 saturated heterocycles. The molecule has 192 valence electrons. The second-order valence-electron chi connectivity index (χ2n) is 10.3. The van der Waals surface area contributed by atoms with Crippen molar-refractivity contribution in [2.75, 3.05) is 25.0 Å². The molecule has 1 aliphatic heterocycles. The number of halogens is 1. The van der Waals surface area contributed by atoms with Gasteiger partial charge in [-0.15, -0.1) is 0 Å². The largest absolute Gasteiger partial charge is 0.478 e. The van der Waals surface area contributed by atoms with Crippen LogP contribution in [0.4, 0.5) is 10.6 Å². The molecule has 0 spiro atoms. The van der Waals surface area contributed by atoms with Gasteiger partial charge in [0.25, 0.3) is 0 Å². The van der Waals surface area contributed by atoms with E-state index in [0.29, 0.717) is 42.0 Å². The number of ether oxygens (including phenoxy) is 1. The zero-order valence-corrected chi connectivity index (χ0v) is 21.3. The van der Waals surface area contributed by atoms with E-state index in [1.165, 1.54) is 6.08 Å². The van der Waals surface area contributed by atoms with Crippen LogP contribution in [0.5, 0.6) is 0 Å². The number of pyridine rings is 1. The summed E-state index contributed by atoms with van der Waals surface area (Å²) in [5.41, 5.74) is 0.0869. The molecule has 1 atom stereocenters. The molecule has 10 heteroatoms. The number of aromatic nitrogens is 1. The summed E-state index contributed by atoms with van der Waals surface area (Å²) in [5.74, 6) is 0.0668. The Morgan fingerprint density at radius 1 is 1.23 bits per heavy atom. The molecule has 9 nitrogen and oxygen atoms in total. The zero-order valence-electron chi connectivity index (χ0n) is 20.6. The van der Waals surface area contributed by atoms with Gasteiger partial charge in [-0.2, -0.15) is 0 Å². The maximum atomic E-state index is 13.1. The number of alkyl carbamates (subject to hydrolysis) is 1. The molecule has 0 radical (unpaired) electrons. The monoisotopic (exact) mass is 506 g/mol. The second-order valence-corrected chi connectivity index (χ2v) is 10.7. The summed E-state index contributed by atoms with van der Waals surface area (Å²) < 4.78 is 5.29. The molecule has 2 heterocycles. The number of nitrogens with zero attached hydrogens (tertiary/aromatic N) is 2. The quantitative estimate of drug-likeness (QED) is 0.474. The van der Waals surface area contributed by atoms with Crippen LogP contribution in [-0.2, 0) is 14.3 Å². The lowest BCUT2D eigenvalue weighted by Gasteiger charge is -2.31. The third-order valence-corrected chi connectivity index (χ3v) is 6.54. The van der Waals surface area contributed by atoms with E-state index < -0.39 is 17.7 Å². The smallest absolute Gasteiger partial charge is 0.407 e. The fraction of sp³-hybridized carbons (Fsp3) is 0.600. The number of amides is 2. The van der Waals surface area contributed by atoms with E-state index in [1.54, 1.807) is 12.3 Å². The second kappa shape index (κ2) is 11.7. The van der Waals surface area contributed by atoms with Crippen LogP contribution in [0.2, 0.25) is 5.02 Å². The lowest BCUT2D eigenvalue weighted by atomic mass is 9.81. The molecule has 0 unspecified atom stereocenters. The van der Waals surface area contributed by atoms with Crippen LogP contribution in [0.3, 0.4) is 0 Å². The highest BCUT2D eigenvalue weighted by molar-refractivity contribution is 6.33.